The summed E-state index contributed by atoms with van der Waals surface area (Å²) in [5.41, 5.74) is 0.522. The number of carbonyl (C=O) groups is 2. The van der Waals surface area contributed by atoms with Gasteiger partial charge in [-0.25, -0.2) is 9.59 Å². The number of carbonyl (C=O) groups excluding carboxylic acids is 2. The van der Waals surface area contributed by atoms with Crippen molar-refractivity contribution in [2.45, 2.75) is 85.2 Å². The van der Waals surface area contributed by atoms with Gasteiger partial charge in [-0.15, -0.1) is 0 Å². The molecule has 1 N–H and O–H groups in total. The van der Waals surface area contributed by atoms with Crippen molar-refractivity contribution < 1.29 is 28.9 Å². The van der Waals surface area contributed by atoms with E-state index in [4.69, 9.17) is 14.2 Å². The maximum atomic E-state index is 13.0. The third-order valence-electron chi connectivity index (χ3n) is 6.19. The fourth-order valence-electron chi connectivity index (χ4n) is 3.61. The van der Waals surface area contributed by atoms with Gasteiger partial charge in [-0.3, -0.25) is 0 Å². The number of rotatable bonds is 17. The van der Waals surface area contributed by atoms with Gasteiger partial charge in [0.05, 0.1) is 25.9 Å². The van der Waals surface area contributed by atoms with E-state index in [1.165, 1.54) is 6.08 Å². The number of benzene rings is 1. The molecule has 0 bridgehead atoms. The lowest BCUT2D eigenvalue weighted by Crippen LogP contribution is -2.31. The lowest BCUT2D eigenvalue weighted by molar-refractivity contribution is -0.156. The van der Waals surface area contributed by atoms with E-state index in [0.717, 1.165) is 51.4 Å². The van der Waals surface area contributed by atoms with Crippen LogP contribution in [-0.2, 0) is 19.1 Å². The third-order valence-corrected chi connectivity index (χ3v) is 6.19. The highest BCUT2D eigenvalue weighted by Gasteiger charge is 2.29. The molecule has 0 fully saturated rings. The van der Waals surface area contributed by atoms with E-state index < -0.39 is 18.0 Å². The Hall–Kier alpha value is -2.34. The van der Waals surface area contributed by atoms with Gasteiger partial charge in [-0.05, 0) is 48.4 Å². The number of aliphatic hydroxyl groups excluding tert-OH is 1. The van der Waals surface area contributed by atoms with E-state index in [1.807, 2.05) is 0 Å². The van der Waals surface area contributed by atoms with Crippen LogP contribution < -0.4 is 4.74 Å². The van der Waals surface area contributed by atoms with Crippen LogP contribution in [0.15, 0.2) is 29.8 Å². The van der Waals surface area contributed by atoms with E-state index in [9.17, 15) is 14.7 Å². The van der Waals surface area contributed by atoms with Crippen LogP contribution in [-0.4, -0.2) is 43.5 Å². The molecule has 0 radical (unpaired) electrons. The number of hydrogen-bond acceptors (Lipinski definition) is 6. The van der Waals surface area contributed by atoms with Crippen molar-refractivity contribution in [3.8, 4) is 5.75 Å². The molecule has 0 aromatic heterocycles. The van der Waals surface area contributed by atoms with E-state index >= 15 is 0 Å². The SMILES string of the molecule is CCCCC(CC)COC(=O)/C(=C/c1ccc(OC)cc1)C(O)C(=O)OCC(CC)CCCC. The van der Waals surface area contributed by atoms with Gasteiger partial charge in [0.15, 0.2) is 6.10 Å². The second-order valence-electron chi connectivity index (χ2n) is 8.84. The van der Waals surface area contributed by atoms with Crippen molar-refractivity contribution >= 4 is 18.0 Å². The predicted molar refractivity (Wildman–Crippen MR) is 136 cm³/mol. The highest BCUT2D eigenvalue weighted by atomic mass is 16.6. The zero-order valence-corrected chi connectivity index (χ0v) is 21.7. The molecule has 0 spiro atoms. The number of esters is 2. The van der Waals surface area contributed by atoms with E-state index in [0.29, 0.717) is 11.3 Å². The van der Waals surface area contributed by atoms with Gasteiger partial charge < -0.3 is 19.3 Å². The van der Waals surface area contributed by atoms with Crippen molar-refractivity contribution in [3.63, 3.8) is 0 Å². The summed E-state index contributed by atoms with van der Waals surface area (Å²) in [5.74, 6) is -0.376. The second kappa shape index (κ2) is 17.1. The maximum Gasteiger partial charge on any atom is 0.339 e. The molecule has 0 aliphatic carbocycles. The minimum Gasteiger partial charge on any atom is -0.497 e. The van der Waals surface area contributed by atoms with Crippen LogP contribution in [0.25, 0.3) is 6.08 Å². The Labute approximate surface area is 205 Å². The molecular weight excluding hydrogens is 432 g/mol. The van der Waals surface area contributed by atoms with E-state index in [2.05, 4.69) is 27.7 Å². The summed E-state index contributed by atoms with van der Waals surface area (Å²) in [5, 5.41) is 10.8. The first-order valence-electron chi connectivity index (χ1n) is 12.8. The summed E-state index contributed by atoms with van der Waals surface area (Å²) < 4.78 is 16.1. The molecule has 1 aromatic carbocycles. The van der Waals surface area contributed by atoms with Crippen molar-refractivity contribution in [3.05, 3.63) is 35.4 Å². The van der Waals surface area contributed by atoms with Crippen LogP contribution in [0.1, 0.15) is 84.6 Å². The molecule has 3 unspecified atom stereocenters. The van der Waals surface area contributed by atoms with Crippen LogP contribution >= 0.6 is 0 Å². The highest BCUT2D eigenvalue weighted by Crippen LogP contribution is 2.20. The molecule has 0 heterocycles. The highest BCUT2D eigenvalue weighted by molar-refractivity contribution is 6.01. The third kappa shape index (κ3) is 10.7. The van der Waals surface area contributed by atoms with Gasteiger partial charge in [0, 0.05) is 0 Å². The van der Waals surface area contributed by atoms with Crippen molar-refractivity contribution in [2.24, 2.45) is 11.8 Å². The zero-order valence-electron chi connectivity index (χ0n) is 21.7. The molecular formula is C28H44O6. The lowest BCUT2D eigenvalue weighted by atomic mass is 10.00. The number of methoxy groups -OCH3 is 1. The number of unbranched alkanes of at least 4 members (excludes halogenated alkanes) is 2. The smallest absolute Gasteiger partial charge is 0.339 e. The van der Waals surface area contributed by atoms with Crippen LogP contribution in [0.3, 0.4) is 0 Å². The summed E-state index contributed by atoms with van der Waals surface area (Å²) in [6, 6.07) is 6.99. The van der Waals surface area contributed by atoms with Crippen LogP contribution in [0.2, 0.25) is 0 Å². The Kier molecular flexibility index (Phi) is 15.0. The molecule has 0 amide bonds. The Balaban J connectivity index is 2.99. The minimum absolute atomic E-state index is 0.123. The summed E-state index contributed by atoms with van der Waals surface area (Å²) in [6.07, 6.45) is 7.76. The van der Waals surface area contributed by atoms with E-state index in [1.54, 1.807) is 31.4 Å². The fourth-order valence-corrected chi connectivity index (χ4v) is 3.61. The molecule has 0 saturated carbocycles. The summed E-state index contributed by atoms with van der Waals surface area (Å²) in [7, 11) is 1.57. The summed E-state index contributed by atoms with van der Waals surface area (Å²) in [6.45, 7) is 8.85. The monoisotopic (exact) mass is 476 g/mol. The van der Waals surface area contributed by atoms with Crippen LogP contribution in [0.4, 0.5) is 0 Å². The van der Waals surface area contributed by atoms with Crippen molar-refractivity contribution in [2.75, 3.05) is 20.3 Å². The van der Waals surface area contributed by atoms with Gasteiger partial charge in [0.2, 0.25) is 0 Å². The first kappa shape index (κ1) is 29.7. The number of hydrogen-bond donors (Lipinski definition) is 1. The summed E-state index contributed by atoms with van der Waals surface area (Å²) in [4.78, 5) is 25.6. The molecule has 0 aliphatic heterocycles. The van der Waals surface area contributed by atoms with Crippen LogP contribution in [0, 0.1) is 11.8 Å². The molecule has 0 saturated heterocycles. The molecule has 192 valence electrons. The standard InChI is InChI=1S/C28H44O6/c1-6-10-12-21(8-3)19-33-27(30)25(18-23-14-16-24(32-5)17-15-23)26(29)28(31)34-20-22(9-4)13-11-7-2/h14-18,21-22,26,29H,6-13,19-20H2,1-5H3/b25-18+. The maximum absolute atomic E-state index is 13.0. The topological polar surface area (TPSA) is 82.1 Å². The Bertz CT molecular complexity index is 740. The molecule has 0 aliphatic rings. The van der Waals surface area contributed by atoms with E-state index in [-0.39, 0.29) is 30.6 Å². The average Bonchev–Trinajstić information content (AvgIpc) is 2.87. The first-order chi connectivity index (χ1) is 16.4. The largest absolute Gasteiger partial charge is 0.497 e. The van der Waals surface area contributed by atoms with Gasteiger partial charge in [-0.1, -0.05) is 78.4 Å². The molecule has 1 aromatic rings. The molecule has 34 heavy (non-hydrogen) atoms. The predicted octanol–water partition coefficient (Wildman–Crippen LogP) is 5.96. The lowest BCUT2D eigenvalue weighted by Gasteiger charge is -2.19. The molecule has 6 heteroatoms. The molecule has 3 atom stereocenters. The number of aliphatic hydroxyl groups is 1. The van der Waals surface area contributed by atoms with Gasteiger partial charge in [0.1, 0.15) is 5.75 Å². The van der Waals surface area contributed by atoms with Gasteiger partial charge in [0.25, 0.3) is 0 Å². The Morgan fingerprint density at radius 2 is 1.41 bits per heavy atom. The quantitative estimate of drug-likeness (QED) is 0.221. The zero-order chi connectivity index (χ0) is 25.3. The fraction of sp³-hybridized carbons (Fsp3) is 0.643. The van der Waals surface area contributed by atoms with Gasteiger partial charge >= 0.3 is 11.9 Å². The molecule has 6 nitrogen and oxygen atoms in total. The average molecular weight is 477 g/mol. The second-order valence-corrected chi connectivity index (χ2v) is 8.84. The van der Waals surface area contributed by atoms with Gasteiger partial charge in [-0.2, -0.15) is 0 Å². The Morgan fingerprint density at radius 3 is 1.88 bits per heavy atom. The van der Waals surface area contributed by atoms with Crippen molar-refractivity contribution in [1.29, 1.82) is 0 Å². The van der Waals surface area contributed by atoms with Crippen molar-refractivity contribution in [1.82, 2.24) is 0 Å². The number of ether oxygens (including phenoxy) is 3. The Morgan fingerprint density at radius 1 is 0.882 bits per heavy atom. The minimum atomic E-state index is -1.71. The molecule has 1 rings (SSSR count). The first-order valence-corrected chi connectivity index (χ1v) is 12.8. The van der Waals surface area contributed by atoms with Crippen LogP contribution in [0.5, 0.6) is 5.75 Å². The normalized spacial score (nSPS) is 14.2. The summed E-state index contributed by atoms with van der Waals surface area (Å²) >= 11 is 0.